The van der Waals surface area contributed by atoms with Gasteiger partial charge in [0.15, 0.2) is 5.96 Å². The standard InChI is InChI=1S/C19H31BrN4S/c1-19(2,25-4)14-22-18(21-3)23-17-9-11-24(12-10-17)13-15-5-7-16(20)8-6-15/h5-8,17H,9-14H2,1-4H3,(H2,21,22,23). The van der Waals surface area contributed by atoms with Crippen LogP contribution in [0.5, 0.6) is 0 Å². The molecule has 25 heavy (non-hydrogen) atoms. The van der Waals surface area contributed by atoms with Crippen molar-refractivity contribution in [3.05, 3.63) is 34.3 Å². The lowest BCUT2D eigenvalue weighted by atomic mass is 10.0. The predicted molar refractivity (Wildman–Crippen MR) is 115 cm³/mol. The summed E-state index contributed by atoms with van der Waals surface area (Å²) in [4.78, 5) is 6.92. The summed E-state index contributed by atoms with van der Waals surface area (Å²) in [6.45, 7) is 8.70. The molecule has 0 aliphatic carbocycles. The Balaban J connectivity index is 1.74. The molecule has 0 aromatic heterocycles. The number of hydrogen-bond donors (Lipinski definition) is 2. The Hall–Kier alpha value is -0.720. The summed E-state index contributed by atoms with van der Waals surface area (Å²) in [6, 6.07) is 9.15. The lowest BCUT2D eigenvalue weighted by Gasteiger charge is -2.33. The van der Waals surface area contributed by atoms with E-state index in [9.17, 15) is 0 Å². The van der Waals surface area contributed by atoms with Crippen LogP contribution in [0.3, 0.4) is 0 Å². The van der Waals surface area contributed by atoms with E-state index in [-0.39, 0.29) is 4.75 Å². The van der Waals surface area contributed by atoms with Gasteiger partial charge in [0, 0.05) is 48.5 Å². The summed E-state index contributed by atoms with van der Waals surface area (Å²) >= 11 is 5.37. The fourth-order valence-corrected chi connectivity index (χ4v) is 3.32. The van der Waals surface area contributed by atoms with Gasteiger partial charge in [0.1, 0.15) is 0 Å². The van der Waals surface area contributed by atoms with Crippen LogP contribution >= 0.6 is 27.7 Å². The number of aliphatic imine (C=N–C) groups is 1. The molecule has 1 aliphatic heterocycles. The normalized spacial score (nSPS) is 17.6. The SMILES string of the molecule is CN=C(NCC(C)(C)SC)NC1CCN(Cc2ccc(Br)cc2)CC1. The van der Waals surface area contributed by atoms with E-state index in [4.69, 9.17) is 0 Å². The average molecular weight is 427 g/mol. The van der Waals surface area contributed by atoms with Crippen molar-refractivity contribution in [1.82, 2.24) is 15.5 Å². The Morgan fingerprint density at radius 2 is 1.92 bits per heavy atom. The number of piperidine rings is 1. The molecule has 0 atom stereocenters. The summed E-state index contributed by atoms with van der Waals surface area (Å²) in [5.41, 5.74) is 1.38. The van der Waals surface area contributed by atoms with Gasteiger partial charge in [-0.25, -0.2) is 0 Å². The first-order valence-corrected chi connectivity index (χ1v) is 10.9. The van der Waals surface area contributed by atoms with E-state index >= 15 is 0 Å². The second-order valence-electron chi connectivity index (χ2n) is 7.21. The molecule has 4 nitrogen and oxygen atoms in total. The molecule has 0 radical (unpaired) electrons. The van der Waals surface area contributed by atoms with Crippen LogP contribution < -0.4 is 10.6 Å². The van der Waals surface area contributed by atoms with E-state index < -0.39 is 0 Å². The van der Waals surface area contributed by atoms with Gasteiger partial charge in [-0.2, -0.15) is 11.8 Å². The van der Waals surface area contributed by atoms with Gasteiger partial charge in [-0.05, 0) is 50.6 Å². The van der Waals surface area contributed by atoms with Crippen molar-refractivity contribution in [1.29, 1.82) is 0 Å². The number of guanidine groups is 1. The van der Waals surface area contributed by atoms with Crippen molar-refractivity contribution in [2.75, 3.05) is 32.9 Å². The van der Waals surface area contributed by atoms with Crippen molar-refractivity contribution in [2.45, 2.75) is 44.0 Å². The number of hydrogen-bond acceptors (Lipinski definition) is 3. The second-order valence-corrected chi connectivity index (χ2v) is 9.64. The van der Waals surface area contributed by atoms with Crippen LogP contribution in [0.1, 0.15) is 32.3 Å². The summed E-state index contributed by atoms with van der Waals surface area (Å²) < 4.78 is 1.36. The maximum atomic E-state index is 4.38. The highest BCUT2D eigenvalue weighted by molar-refractivity contribution is 9.10. The van der Waals surface area contributed by atoms with Gasteiger partial charge in [-0.1, -0.05) is 28.1 Å². The van der Waals surface area contributed by atoms with Crippen LogP contribution in [0, 0.1) is 0 Å². The molecule has 0 saturated carbocycles. The largest absolute Gasteiger partial charge is 0.355 e. The van der Waals surface area contributed by atoms with Crippen LogP contribution in [-0.4, -0.2) is 54.6 Å². The molecule has 0 spiro atoms. The maximum Gasteiger partial charge on any atom is 0.191 e. The molecule has 1 fully saturated rings. The molecule has 0 bridgehead atoms. The Morgan fingerprint density at radius 3 is 2.48 bits per heavy atom. The van der Waals surface area contributed by atoms with E-state index in [0.29, 0.717) is 6.04 Å². The summed E-state index contributed by atoms with van der Waals surface area (Å²) in [7, 11) is 1.85. The van der Waals surface area contributed by atoms with Crippen molar-refractivity contribution in [3.63, 3.8) is 0 Å². The summed E-state index contributed by atoms with van der Waals surface area (Å²) in [6.07, 6.45) is 4.46. The van der Waals surface area contributed by atoms with Crippen molar-refractivity contribution in [3.8, 4) is 0 Å². The quantitative estimate of drug-likeness (QED) is 0.536. The minimum absolute atomic E-state index is 0.214. The zero-order chi connectivity index (χ0) is 18.3. The lowest BCUT2D eigenvalue weighted by Crippen LogP contribution is -2.50. The fourth-order valence-electron chi connectivity index (χ4n) is 2.84. The monoisotopic (exact) mass is 426 g/mol. The van der Waals surface area contributed by atoms with Crippen LogP contribution in [0.2, 0.25) is 0 Å². The number of nitrogens with one attached hydrogen (secondary N) is 2. The van der Waals surface area contributed by atoms with Crippen LogP contribution in [0.25, 0.3) is 0 Å². The van der Waals surface area contributed by atoms with Gasteiger partial charge >= 0.3 is 0 Å². The average Bonchev–Trinajstić information content (AvgIpc) is 2.62. The summed E-state index contributed by atoms with van der Waals surface area (Å²) in [5, 5.41) is 7.06. The van der Waals surface area contributed by atoms with Gasteiger partial charge in [-0.15, -0.1) is 0 Å². The third kappa shape index (κ3) is 7.19. The molecule has 2 N–H and O–H groups in total. The number of benzene rings is 1. The molecule has 1 aromatic carbocycles. The smallest absolute Gasteiger partial charge is 0.191 e. The van der Waals surface area contributed by atoms with E-state index in [0.717, 1.165) is 49.5 Å². The lowest BCUT2D eigenvalue weighted by molar-refractivity contribution is 0.198. The minimum atomic E-state index is 0.214. The zero-order valence-electron chi connectivity index (χ0n) is 15.8. The molecule has 2 rings (SSSR count). The highest BCUT2D eigenvalue weighted by Gasteiger charge is 2.21. The first kappa shape index (κ1) is 20.6. The number of likely N-dealkylation sites (tertiary alicyclic amines) is 1. The van der Waals surface area contributed by atoms with Crippen LogP contribution in [0.4, 0.5) is 0 Å². The van der Waals surface area contributed by atoms with Crippen LogP contribution in [-0.2, 0) is 6.54 Å². The van der Waals surface area contributed by atoms with Crippen molar-refractivity contribution >= 4 is 33.7 Å². The second kappa shape index (κ2) is 9.83. The first-order chi connectivity index (χ1) is 11.9. The van der Waals surface area contributed by atoms with Gasteiger partial charge in [0.25, 0.3) is 0 Å². The molecule has 1 heterocycles. The van der Waals surface area contributed by atoms with Crippen LogP contribution in [0.15, 0.2) is 33.7 Å². The van der Waals surface area contributed by atoms with Gasteiger partial charge in [-0.3, -0.25) is 9.89 Å². The Bertz CT molecular complexity index is 551. The highest BCUT2D eigenvalue weighted by Crippen LogP contribution is 2.19. The molecular formula is C19H31BrN4S. The van der Waals surface area contributed by atoms with Gasteiger partial charge < -0.3 is 10.6 Å². The molecule has 1 aliphatic rings. The molecule has 6 heteroatoms. The minimum Gasteiger partial charge on any atom is -0.355 e. The zero-order valence-corrected chi connectivity index (χ0v) is 18.2. The predicted octanol–water partition coefficient (Wildman–Crippen LogP) is 3.72. The van der Waals surface area contributed by atoms with E-state index in [2.05, 4.69) is 80.8 Å². The third-order valence-corrected chi connectivity index (χ3v) is 6.48. The van der Waals surface area contributed by atoms with E-state index in [1.807, 2.05) is 18.8 Å². The summed E-state index contributed by atoms with van der Waals surface area (Å²) in [5.74, 6) is 0.925. The molecule has 1 saturated heterocycles. The molecule has 140 valence electrons. The molecule has 0 amide bonds. The molecule has 0 unspecified atom stereocenters. The molecular weight excluding hydrogens is 396 g/mol. The maximum absolute atomic E-state index is 4.38. The first-order valence-electron chi connectivity index (χ1n) is 8.91. The number of thioether (sulfide) groups is 1. The highest BCUT2D eigenvalue weighted by atomic mass is 79.9. The van der Waals surface area contributed by atoms with E-state index in [1.165, 1.54) is 5.56 Å². The van der Waals surface area contributed by atoms with E-state index in [1.54, 1.807) is 0 Å². The van der Waals surface area contributed by atoms with Gasteiger partial charge in [0.2, 0.25) is 0 Å². The Kier molecular flexibility index (Phi) is 8.10. The van der Waals surface area contributed by atoms with Crippen molar-refractivity contribution < 1.29 is 0 Å². The number of rotatable bonds is 6. The number of halogens is 1. The number of nitrogens with zero attached hydrogens (tertiary/aromatic N) is 2. The third-order valence-electron chi connectivity index (χ3n) is 4.71. The van der Waals surface area contributed by atoms with Gasteiger partial charge in [0.05, 0.1) is 0 Å². The Morgan fingerprint density at radius 1 is 1.28 bits per heavy atom. The van der Waals surface area contributed by atoms with Crippen molar-refractivity contribution in [2.24, 2.45) is 4.99 Å². The topological polar surface area (TPSA) is 39.7 Å². The fraction of sp³-hybridized carbons (Fsp3) is 0.632. The Labute approximate surface area is 165 Å². The molecule has 1 aromatic rings.